The summed E-state index contributed by atoms with van der Waals surface area (Å²) >= 11 is 3.89. The van der Waals surface area contributed by atoms with Crippen LogP contribution >= 0.6 is 15.9 Å². The summed E-state index contributed by atoms with van der Waals surface area (Å²) in [6.07, 6.45) is 6.66. The molecule has 2 aliphatic rings. The molecular weight excluding hydrogens is 340 g/mol. The van der Waals surface area contributed by atoms with E-state index in [1.54, 1.807) is 0 Å². The minimum atomic E-state index is -0.635. The number of hydrogen-bond donors (Lipinski definition) is 1. The van der Waals surface area contributed by atoms with Gasteiger partial charge >= 0.3 is 0 Å². The first-order chi connectivity index (χ1) is 10.1. The van der Waals surface area contributed by atoms with Crippen LogP contribution in [0.5, 0.6) is 0 Å². The first-order valence-electron chi connectivity index (χ1n) is 8.55. The van der Waals surface area contributed by atoms with E-state index in [-0.39, 0.29) is 16.7 Å². The van der Waals surface area contributed by atoms with Crippen molar-refractivity contribution in [2.75, 3.05) is 0 Å². The lowest BCUT2D eigenvalue weighted by atomic mass is 9.45. The largest absolute Gasteiger partial charge is 0.390 e. The lowest BCUT2D eigenvalue weighted by molar-refractivity contribution is -0.166. The van der Waals surface area contributed by atoms with Gasteiger partial charge in [0.2, 0.25) is 0 Å². The van der Waals surface area contributed by atoms with E-state index in [9.17, 15) is 9.90 Å². The Kier molecular flexibility index (Phi) is 5.00. The van der Waals surface area contributed by atoms with Crippen LogP contribution in [0.3, 0.4) is 0 Å². The lowest BCUT2D eigenvalue weighted by Gasteiger charge is -2.62. The molecule has 126 valence electrons. The van der Waals surface area contributed by atoms with E-state index in [2.05, 4.69) is 43.3 Å². The third kappa shape index (κ3) is 2.96. The van der Waals surface area contributed by atoms with E-state index in [0.717, 1.165) is 38.4 Å². The van der Waals surface area contributed by atoms with Crippen molar-refractivity contribution in [3.8, 4) is 0 Å². The second kappa shape index (κ2) is 6.05. The number of aldehydes is 1. The van der Waals surface area contributed by atoms with Crippen LogP contribution < -0.4 is 0 Å². The second-order valence-corrected chi connectivity index (χ2v) is 9.75. The van der Waals surface area contributed by atoms with Crippen molar-refractivity contribution in [2.24, 2.45) is 22.7 Å². The van der Waals surface area contributed by atoms with Gasteiger partial charge in [0.15, 0.2) is 0 Å². The van der Waals surface area contributed by atoms with E-state index < -0.39 is 5.60 Å². The summed E-state index contributed by atoms with van der Waals surface area (Å²) in [7, 11) is 0. The highest BCUT2D eigenvalue weighted by Gasteiger charge is 2.59. The number of alkyl halides is 1. The zero-order valence-corrected chi connectivity index (χ0v) is 16.1. The molecule has 2 fully saturated rings. The molecule has 0 radical (unpaired) electrons. The van der Waals surface area contributed by atoms with E-state index in [1.807, 2.05) is 6.92 Å². The fourth-order valence-electron chi connectivity index (χ4n) is 5.52. The van der Waals surface area contributed by atoms with Gasteiger partial charge in [0.05, 0.1) is 5.60 Å². The molecule has 0 unspecified atom stereocenters. The van der Waals surface area contributed by atoms with Crippen LogP contribution in [0.15, 0.2) is 12.2 Å². The topological polar surface area (TPSA) is 37.3 Å². The monoisotopic (exact) mass is 370 g/mol. The van der Waals surface area contributed by atoms with Gasteiger partial charge in [-0.1, -0.05) is 43.3 Å². The summed E-state index contributed by atoms with van der Waals surface area (Å²) in [6, 6.07) is 0. The minimum absolute atomic E-state index is 0.138. The van der Waals surface area contributed by atoms with Gasteiger partial charge in [-0.25, -0.2) is 0 Å². The number of carbonyl (C=O) groups excluding carboxylic acids is 1. The van der Waals surface area contributed by atoms with Gasteiger partial charge in [-0.2, -0.15) is 0 Å². The Morgan fingerprint density at radius 2 is 1.91 bits per heavy atom. The molecule has 0 aliphatic heterocycles. The van der Waals surface area contributed by atoms with Gasteiger partial charge in [-0.05, 0) is 73.7 Å². The average molecular weight is 371 g/mol. The van der Waals surface area contributed by atoms with E-state index in [1.165, 1.54) is 0 Å². The highest BCUT2D eigenvalue weighted by molar-refractivity contribution is 9.09. The molecule has 3 heteroatoms. The van der Waals surface area contributed by atoms with Gasteiger partial charge in [0.1, 0.15) is 6.29 Å². The Hall–Kier alpha value is -0.150. The number of halogens is 1. The molecule has 0 heterocycles. The third-order valence-electron chi connectivity index (χ3n) is 6.84. The maximum Gasteiger partial charge on any atom is 0.145 e. The number of rotatable bonds is 4. The predicted octanol–water partition coefficient (Wildman–Crippen LogP) is 4.89. The molecule has 0 spiro atoms. The maximum absolute atomic E-state index is 11.0. The number of fused-ring (bicyclic) bond motifs is 1. The molecule has 0 bridgehead atoms. The minimum Gasteiger partial charge on any atom is -0.390 e. The summed E-state index contributed by atoms with van der Waals surface area (Å²) < 4.78 is 0. The highest BCUT2D eigenvalue weighted by Crippen LogP contribution is 2.64. The van der Waals surface area contributed by atoms with Gasteiger partial charge < -0.3 is 5.11 Å². The van der Waals surface area contributed by atoms with E-state index >= 15 is 0 Å². The molecule has 2 nitrogen and oxygen atoms in total. The SMILES string of the molecule is C=C(C=O)CC[C@H]1[C@]2(C)CC[C@@H](Br)C(C)(C)[C@H]2CC[C@]1(C)O. The first-order valence-corrected chi connectivity index (χ1v) is 9.46. The molecule has 2 rings (SSSR count). The molecule has 0 aromatic rings. The Bertz CT molecular complexity index is 454. The molecule has 0 saturated heterocycles. The quantitative estimate of drug-likeness (QED) is 0.434. The van der Waals surface area contributed by atoms with Gasteiger partial charge in [-0.3, -0.25) is 4.79 Å². The van der Waals surface area contributed by atoms with Gasteiger partial charge in [-0.15, -0.1) is 0 Å². The Balaban J connectivity index is 2.31. The van der Waals surface area contributed by atoms with Crippen LogP contribution in [0, 0.1) is 22.7 Å². The van der Waals surface area contributed by atoms with Crippen molar-refractivity contribution in [1.29, 1.82) is 0 Å². The standard InChI is InChI=1S/C19H31BrO2/c1-13(12-21)6-7-15-18(4)10-9-16(20)17(2,3)14(18)8-11-19(15,5)22/h12,14-16,22H,1,6-11H2,2-5H3/t14-,15+,16-,18-,19+/m1/s1. The van der Waals surface area contributed by atoms with Crippen LogP contribution in [0.1, 0.15) is 66.2 Å². The van der Waals surface area contributed by atoms with Gasteiger partial charge in [0.25, 0.3) is 0 Å². The Morgan fingerprint density at radius 3 is 2.50 bits per heavy atom. The molecule has 5 atom stereocenters. The predicted molar refractivity (Wildman–Crippen MR) is 95.1 cm³/mol. The van der Waals surface area contributed by atoms with E-state index in [0.29, 0.717) is 22.7 Å². The average Bonchev–Trinajstić information content (AvgIpc) is 2.41. The summed E-state index contributed by atoms with van der Waals surface area (Å²) in [6.45, 7) is 12.9. The fraction of sp³-hybridized carbons (Fsp3) is 0.842. The summed E-state index contributed by atoms with van der Waals surface area (Å²) in [4.78, 5) is 11.4. The number of aliphatic hydroxyl groups is 1. The van der Waals surface area contributed by atoms with Crippen molar-refractivity contribution in [1.82, 2.24) is 0 Å². The van der Waals surface area contributed by atoms with Crippen LogP contribution in [0.25, 0.3) is 0 Å². The molecule has 0 aromatic carbocycles. The number of carbonyl (C=O) groups is 1. The van der Waals surface area contributed by atoms with Crippen molar-refractivity contribution in [2.45, 2.75) is 76.6 Å². The zero-order valence-electron chi connectivity index (χ0n) is 14.5. The van der Waals surface area contributed by atoms with Crippen LogP contribution in [-0.4, -0.2) is 21.8 Å². The fourth-order valence-corrected chi connectivity index (χ4v) is 6.07. The van der Waals surface area contributed by atoms with Gasteiger partial charge in [0, 0.05) is 4.83 Å². The smallest absolute Gasteiger partial charge is 0.145 e. The van der Waals surface area contributed by atoms with Crippen molar-refractivity contribution in [3.63, 3.8) is 0 Å². The van der Waals surface area contributed by atoms with E-state index in [4.69, 9.17) is 0 Å². The number of allylic oxidation sites excluding steroid dienone is 1. The second-order valence-electron chi connectivity index (χ2n) is 8.65. The summed E-state index contributed by atoms with van der Waals surface area (Å²) in [5.74, 6) is 0.836. The molecular formula is C19H31BrO2. The Labute approximate surface area is 143 Å². The highest BCUT2D eigenvalue weighted by atomic mass is 79.9. The van der Waals surface area contributed by atoms with Crippen LogP contribution in [0.4, 0.5) is 0 Å². The molecule has 2 aliphatic carbocycles. The normalized spacial score (nSPS) is 44.2. The van der Waals surface area contributed by atoms with Crippen molar-refractivity contribution < 1.29 is 9.90 Å². The summed E-state index contributed by atoms with van der Waals surface area (Å²) in [5.41, 5.74) is 0.390. The molecule has 0 amide bonds. The van der Waals surface area contributed by atoms with Crippen molar-refractivity contribution >= 4 is 22.2 Å². The van der Waals surface area contributed by atoms with Crippen molar-refractivity contribution in [3.05, 3.63) is 12.2 Å². The summed E-state index contributed by atoms with van der Waals surface area (Å²) in [5, 5.41) is 11.0. The first kappa shape index (κ1) is 18.2. The maximum atomic E-state index is 11.0. The van der Waals surface area contributed by atoms with Crippen LogP contribution in [-0.2, 0) is 4.79 Å². The Morgan fingerprint density at radius 1 is 1.27 bits per heavy atom. The molecule has 0 aromatic heterocycles. The number of hydrogen-bond acceptors (Lipinski definition) is 2. The third-order valence-corrected chi connectivity index (χ3v) is 8.48. The molecule has 22 heavy (non-hydrogen) atoms. The lowest BCUT2D eigenvalue weighted by Crippen LogP contribution is -2.59. The zero-order chi connectivity index (χ0) is 16.8. The molecule has 1 N–H and O–H groups in total. The molecule has 2 saturated carbocycles. The van der Waals surface area contributed by atoms with Crippen LogP contribution in [0.2, 0.25) is 0 Å².